The molecule has 2 amide bonds. The number of nitrogens with one attached hydrogen (secondary N) is 1. The van der Waals surface area contributed by atoms with Crippen LogP contribution in [-0.4, -0.2) is 64.8 Å². The maximum Gasteiger partial charge on any atom is 0.255 e. The summed E-state index contributed by atoms with van der Waals surface area (Å²) < 4.78 is 14.2. The van der Waals surface area contributed by atoms with E-state index < -0.39 is 17.8 Å². The number of rotatable bonds is 6. The van der Waals surface area contributed by atoms with Crippen molar-refractivity contribution in [2.45, 2.75) is 12.6 Å². The molecule has 1 unspecified atom stereocenters. The fraction of sp³-hybridized carbons (Fsp3) is 0.241. The molecule has 1 atom stereocenters. The lowest BCUT2D eigenvalue weighted by Crippen LogP contribution is -2.44. The minimum atomic E-state index is -1.03. The van der Waals surface area contributed by atoms with Crippen molar-refractivity contribution in [3.05, 3.63) is 94.9 Å². The zero-order valence-electron chi connectivity index (χ0n) is 21.4. The Morgan fingerprint density at radius 3 is 2.56 bits per heavy atom. The van der Waals surface area contributed by atoms with Gasteiger partial charge in [-0.25, -0.2) is 9.37 Å². The molecule has 2 aromatic heterocycles. The average Bonchev–Trinajstić information content (AvgIpc) is 3.57. The molecule has 4 heterocycles. The fourth-order valence-corrected chi connectivity index (χ4v) is 5.63. The van der Waals surface area contributed by atoms with Crippen molar-refractivity contribution in [3.63, 3.8) is 0 Å². The first-order chi connectivity index (χ1) is 19.0. The first kappa shape index (κ1) is 25.1. The molecule has 0 radical (unpaired) electrons. The monoisotopic (exact) mass is 542 g/mol. The summed E-state index contributed by atoms with van der Waals surface area (Å²) in [7, 11) is 2.14. The van der Waals surface area contributed by atoms with Gasteiger partial charge in [0.15, 0.2) is 5.13 Å². The van der Waals surface area contributed by atoms with Gasteiger partial charge in [-0.3, -0.25) is 19.9 Å². The molecular weight excluding hydrogens is 515 g/mol. The second-order valence-corrected chi connectivity index (χ2v) is 10.7. The molecule has 1 saturated heterocycles. The quantitative estimate of drug-likeness (QED) is 0.388. The van der Waals surface area contributed by atoms with Gasteiger partial charge < -0.3 is 14.7 Å². The molecule has 4 aromatic rings. The summed E-state index contributed by atoms with van der Waals surface area (Å²) >= 11 is 1.27. The van der Waals surface area contributed by atoms with E-state index in [1.165, 1.54) is 40.1 Å². The van der Waals surface area contributed by atoms with Crippen LogP contribution in [0.25, 0.3) is 11.3 Å². The molecule has 6 rings (SSSR count). The molecule has 0 bridgehead atoms. The number of thiazole rings is 1. The lowest BCUT2D eigenvalue weighted by Gasteiger charge is -2.34. The van der Waals surface area contributed by atoms with Gasteiger partial charge in [0.1, 0.15) is 11.9 Å². The smallest absolute Gasteiger partial charge is 0.255 e. The summed E-state index contributed by atoms with van der Waals surface area (Å²) in [4.78, 5) is 42.0. The second-order valence-electron chi connectivity index (χ2n) is 9.78. The molecule has 39 heavy (non-hydrogen) atoms. The Hall–Kier alpha value is -4.15. The molecule has 8 nitrogen and oxygen atoms in total. The van der Waals surface area contributed by atoms with Crippen LogP contribution >= 0.6 is 11.3 Å². The number of nitrogens with zero attached hydrogens (tertiary/aromatic N) is 5. The number of fused-ring (bicyclic) bond motifs is 1. The van der Waals surface area contributed by atoms with Crippen molar-refractivity contribution < 1.29 is 14.0 Å². The van der Waals surface area contributed by atoms with Gasteiger partial charge in [0.05, 0.1) is 5.69 Å². The van der Waals surface area contributed by atoms with Crippen molar-refractivity contribution in [3.8, 4) is 11.3 Å². The zero-order chi connectivity index (χ0) is 26.9. The number of aromatic nitrogens is 2. The Labute approximate surface area is 229 Å². The van der Waals surface area contributed by atoms with Crippen LogP contribution in [0.15, 0.2) is 72.4 Å². The van der Waals surface area contributed by atoms with E-state index in [1.807, 2.05) is 12.1 Å². The molecule has 2 aromatic carbocycles. The predicted octanol–water partition coefficient (Wildman–Crippen LogP) is 4.43. The molecule has 1 fully saturated rings. The van der Waals surface area contributed by atoms with Crippen LogP contribution in [0.3, 0.4) is 0 Å². The van der Waals surface area contributed by atoms with Crippen molar-refractivity contribution in [2.24, 2.45) is 0 Å². The predicted molar refractivity (Wildman–Crippen MR) is 149 cm³/mol. The summed E-state index contributed by atoms with van der Waals surface area (Å²) in [5.74, 6) is -1.23. The number of amides is 2. The summed E-state index contributed by atoms with van der Waals surface area (Å²) in [6, 6.07) is 14.8. The van der Waals surface area contributed by atoms with E-state index in [-0.39, 0.29) is 12.5 Å². The molecule has 0 saturated carbocycles. The standard InChI is InChI=1S/C29H27FN6O2S/c1-34-10-12-35(13-11-34)23-7-5-19(6-8-23)25-16-24-21(17-32-25)18-36(28(24)38)26(20-3-2-4-22(30)15-20)27(37)33-29-31-9-14-39-29/h2-9,14-17,26H,10-13,18H2,1H3,(H,31,33,37). The Kier molecular flexibility index (Phi) is 6.80. The van der Waals surface area contributed by atoms with E-state index in [0.29, 0.717) is 22.0 Å². The van der Waals surface area contributed by atoms with Crippen LogP contribution in [0.1, 0.15) is 27.5 Å². The highest BCUT2D eigenvalue weighted by atomic mass is 32.1. The third kappa shape index (κ3) is 5.13. The van der Waals surface area contributed by atoms with Gasteiger partial charge in [0, 0.05) is 72.9 Å². The van der Waals surface area contributed by atoms with Gasteiger partial charge in [-0.1, -0.05) is 24.3 Å². The number of halogens is 1. The minimum Gasteiger partial charge on any atom is -0.369 e. The Morgan fingerprint density at radius 2 is 1.85 bits per heavy atom. The SMILES string of the molecule is CN1CCN(c2ccc(-c3cc4c(cn3)CN(C(C(=O)Nc3nccs3)c3cccc(F)c3)C4=O)cc2)CC1. The molecule has 2 aliphatic rings. The Balaban J connectivity index is 1.26. The molecule has 198 valence electrons. The molecular formula is C29H27FN6O2S. The van der Waals surface area contributed by atoms with Crippen LogP contribution in [0.4, 0.5) is 15.2 Å². The highest BCUT2D eigenvalue weighted by Gasteiger charge is 2.38. The molecule has 2 aliphatic heterocycles. The molecule has 0 spiro atoms. The van der Waals surface area contributed by atoms with Crippen LogP contribution < -0.4 is 10.2 Å². The lowest BCUT2D eigenvalue weighted by atomic mass is 10.0. The second kappa shape index (κ2) is 10.5. The van der Waals surface area contributed by atoms with E-state index in [9.17, 15) is 14.0 Å². The molecule has 1 N–H and O–H groups in total. The maximum atomic E-state index is 14.2. The topological polar surface area (TPSA) is 81.7 Å². The van der Waals surface area contributed by atoms with Gasteiger partial charge in [-0.05, 0) is 42.9 Å². The van der Waals surface area contributed by atoms with Crippen LogP contribution in [0, 0.1) is 5.82 Å². The normalized spacial score (nSPS) is 16.3. The van der Waals surface area contributed by atoms with E-state index in [0.717, 1.165) is 37.3 Å². The zero-order valence-corrected chi connectivity index (χ0v) is 22.2. The summed E-state index contributed by atoms with van der Waals surface area (Å²) in [6.07, 6.45) is 3.28. The minimum absolute atomic E-state index is 0.191. The van der Waals surface area contributed by atoms with E-state index in [2.05, 4.69) is 44.3 Å². The first-order valence-electron chi connectivity index (χ1n) is 12.8. The van der Waals surface area contributed by atoms with Crippen molar-refractivity contribution >= 4 is 34.0 Å². The number of likely N-dealkylation sites (N-methyl/N-ethyl adjacent to an activating group) is 1. The van der Waals surface area contributed by atoms with Crippen molar-refractivity contribution in [1.29, 1.82) is 0 Å². The number of anilines is 2. The van der Waals surface area contributed by atoms with Gasteiger partial charge in [-0.2, -0.15) is 0 Å². The molecule has 0 aliphatic carbocycles. The number of carbonyl (C=O) groups is 2. The van der Waals surface area contributed by atoms with Gasteiger partial charge >= 0.3 is 0 Å². The summed E-state index contributed by atoms with van der Waals surface area (Å²) in [5.41, 5.74) is 4.36. The number of piperazine rings is 1. The van der Waals surface area contributed by atoms with E-state index in [1.54, 1.807) is 29.9 Å². The number of benzene rings is 2. The third-order valence-corrected chi connectivity index (χ3v) is 7.93. The molecule has 10 heteroatoms. The fourth-order valence-electron chi connectivity index (χ4n) is 5.10. The number of hydrogen-bond acceptors (Lipinski definition) is 7. The van der Waals surface area contributed by atoms with Crippen LogP contribution in [0.5, 0.6) is 0 Å². The van der Waals surface area contributed by atoms with Crippen LogP contribution in [0.2, 0.25) is 0 Å². The summed E-state index contributed by atoms with van der Waals surface area (Å²) in [6.45, 7) is 4.23. The number of carbonyl (C=O) groups excluding carboxylic acids is 2. The Morgan fingerprint density at radius 1 is 1.05 bits per heavy atom. The maximum absolute atomic E-state index is 14.2. The van der Waals surface area contributed by atoms with E-state index >= 15 is 0 Å². The number of hydrogen-bond donors (Lipinski definition) is 1. The van der Waals surface area contributed by atoms with Crippen LogP contribution in [-0.2, 0) is 11.3 Å². The van der Waals surface area contributed by atoms with Crippen molar-refractivity contribution in [1.82, 2.24) is 19.8 Å². The first-order valence-corrected chi connectivity index (χ1v) is 13.6. The summed E-state index contributed by atoms with van der Waals surface area (Å²) in [5, 5.41) is 4.92. The Bertz CT molecular complexity index is 1500. The van der Waals surface area contributed by atoms with E-state index in [4.69, 9.17) is 0 Å². The highest BCUT2D eigenvalue weighted by molar-refractivity contribution is 7.13. The van der Waals surface area contributed by atoms with Crippen molar-refractivity contribution in [2.75, 3.05) is 43.4 Å². The largest absolute Gasteiger partial charge is 0.369 e. The average molecular weight is 543 g/mol. The van der Waals surface area contributed by atoms with Gasteiger partial charge in [-0.15, -0.1) is 11.3 Å². The van der Waals surface area contributed by atoms with Gasteiger partial charge in [0.25, 0.3) is 11.8 Å². The lowest BCUT2D eigenvalue weighted by molar-refractivity contribution is -0.120. The highest BCUT2D eigenvalue weighted by Crippen LogP contribution is 2.34. The number of pyridine rings is 1. The third-order valence-electron chi connectivity index (χ3n) is 7.24. The van der Waals surface area contributed by atoms with Gasteiger partial charge in [0.2, 0.25) is 0 Å².